The molecular weight excluding hydrogens is 362 g/mol. The number of thioether (sulfide) groups is 1. The second-order valence-electron chi connectivity index (χ2n) is 5.79. The standard InChI is InChI=1S/C20H17N3O3S/c1-26-18(24)10-11-23-19(25)16-4-2-3-5-17(16)22-20(23)27-13-15-8-6-14(12-21)7-9-15/h2-9H,10-11,13H2,1H3. The van der Waals surface area contributed by atoms with Crippen molar-refractivity contribution in [3.05, 3.63) is 70.0 Å². The minimum atomic E-state index is -0.377. The quantitative estimate of drug-likeness (QED) is 0.372. The molecule has 0 unspecified atom stereocenters. The number of benzene rings is 2. The van der Waals surface area contributed by atoms with Crippen molar-refractivity contribution in [2.24, 2.45) is 0 Å². The number of fused-ring (bicyclic) bond motifs is 1. The molecule has 0 N–H and O–H groups in total. The number of para-hydroxylation sites is 1. The van der Waals surface area contributed by atoms with Gasteiger partial charge in [0.05, 0.1) is 36.1 Å². The van der Waals surface area contributed by atoms with Crippen LogP contribution in [-0.2, 0) is 21.8 Å². The lowest BCUT2D eigenvalue weighted by atomic mass is 10.2. The third-order valence-electron chi connectivity index (χ3n) is 4.04. The van der Waals surface area contributed by atoms with Crippen LogP contribution < -0.4 is 5.56 Å². The minimum absolute atomic E-state index is 0.0981. The van der Waals surface area contributed by atoms with Gasteiger partial charge in [-0.1, -0.05) is 36.0 Å². The van der Waals surface area contributed by atoms with Crippen molar-refractivity contribution in [3.63, 3.8) is 0 Å². The third kappa shape index (κ3) is 4.36. The summed E-state index contributed by atoms with van der Waals surface area (Å²) < 4.78 is 6.20. The molecule has 2 aromatic carbocycles. The zero-order chi connectivity index (χ0) is 19.2. The Morgan fingerprint density at radius 3 is 2.67 bits per heavy atom. The van der Waals surface area contributed by atoms with Crippen LogP contribution in [0.1, 0.15) is 17.5 Å². The first-order valence-electron chi connectivity index (χ1n) is 8.30. The highest BCUT2D eigenvalue weighted by molar-refractivity contribution is 7.98. The second-order valence-corrected chi connectivity index (χ2v) is 6.73. The normalized spacial score (nSPS) is 10.5. The molecule has 0 aliphatic carbocycles. The number of methoxy groups -OCH3 is 1. The van der Waals surface area contributed by atoms with E-state index >= 15 is 0 Å². The Labute approximate surface area is 160 Å². The summed E-state index contributed by atoms with van der Waals surface area (Å²) in [5.74, 6) is 0.215. The number of hydrogen-bond donors (Lipinski definition) is 0. The fraction of sp³-hybridized carbons (Fsp3) is 0.200. The maximum absolute atomic E-state index is 12.9. The molecule has 0 fully saturated rings. The fourth-order valence-corrected chi connectivity index (χ4v) is 3.56. The molecule has 1 heterocycles. The van der Waals surface area contributed by atoms with Crippen molar-refractivity contribution in [2.75, 3.05) is 7.11 Å². The average molecular weight is 379 g/mol. The molecule has 3 rings (SSSR count). The van der Waals surface area contributed by atoms with E-state index in [0.29, 0.717) is 27.4 Å². The van der Waals surface area contributed by atoms with Gasteiger partial charge in [-0.05, 0) is 29.8 Å². The van der Waals surface area contributed by atoms with Crippen LogP contribution in [0.2, 0.25) is 0 Å². The lowest BCUT2D eigenvalue weighted by Crippen LogP contribution is -2.24. The lowest BCUT2D eigenvalue weighted by molar-refractivity contribution is -0.140. The van der Waals surface area contributed by atoms with Gasteiger partial charge in [-0.3, -0.25) is 14.2 Å². The van der Waals surface area contributed by atoms with E-state index in [1.54, 1.807) is 30.3 Å². The van der Waals surface area contributed by atoms with Crippen LogP contribution >= 0.6 is 11.8 Å². The molecule has 7 heteroatoms. The fourth-order valence-electron chi connectivity index (χ4n) is 2.58. The van der Waals surface area contributed by atoms with E-state index < -0.39 is 0 Å². The van der Waals surface area contributed by atoms with Gasteiger partial charge in [-0.15, -0.1) is 0 Å². The molecule has 136 valence electrons. The smallest absolute Gasteiger partial charge is 0.307 e. The number of carbonyl (C=O) groups is 1. The van der Waals surface area contributed by atoms with Crippen molar-refractivity contribution in [1.29, 1.82) is 5.26 Å². The highest BCUT2D eigenvalue weighted by Gasteiger charge is 2.13. The Morgan fingerprint density at radius 1 is 1.22 bits per heavy atom. The number of aromatic nitrogens is 2. The Bertz CT molecular complexity index is 1070. The zero-order valence-electron chi connectivity index (χ0n) is 14.7. The van der Waals surface area contributed by atoms with Gasteiger partial charge < -0.3 is 4.74 Å². The van der Waals surface area contributed by atoms with Gasteiger partial charge in [0.15, 0.2) is 5.16 Å². The maximum Gasteiger partial charge on any atom is 0.307 e. The first-order chi connectivity index (χ1) is 13.1. The summed E-state index contributed by atoms with van der Waals surface area (Å²) in [5, 5.41) is 9.95. The van der Waals surface area contributed by atoms with Gasteiger partial charge in [-0.2, -0.15) is 5.26 Å². The van der Waals surface area contributed by atoms with E-state index in [-0.39, 0.29) is 24.5 Å². The maximum atomic E-state index is 12.9. The lowest BCUT2D eigenvalue weighted by Gasteiger charge is -2.12. The summed E-state index contributed by atoms with van der Waals surface area (Å²) in [6.07, 6.45) is 0.0981. The summed E-state index contributed by atoms with van der Waals surface area (Å²) in [4.78, 5) is 29.0. The average Bonchev–Trinajstić information content (AvgIpc) is 2.71. The highest BCUT2D eigenvalue weighted by Crippen LogP contribution is 2.22. The summed E-state index contributed by atoms with van der Waals surface area (Å²) >= 11 is 1.42. The number of nitrogens with zero attached hydrogens (tertiary/aromatic N) is 3. The molecule has 0 saturated carbocycles. The van der Waals surface area contributed by atoms with Gasteiger partial charge >= 0.3 is 5.97 Å². The van der Waals surface area contributed by atoms with Gasteiger partial charge in [0.25, 0.3) is 5.56 Å². The molecule has 0 saturated heterocycles. The van der Waals surface area contributed by atoms with E-state index in [9.17, 15) is 9.59 Å². The van der Waals surface area contributed by atoms with Gasteiger partial charge in [0, 0.05) is 12.3 Å². The number of ether oxygens (including phenoxy) is 1. The van der Waals surface area contributed by atoms with Crippen molar-refractivity contribution in [3.8, 4) is 6.07 Å². The molecule has 0 aliphatic heterocycles. The predicted molar refractivity (Wildman–Crippen MR) is 103 cm³/mol. The van der Waals surface area contributed by atoms with E-state index in [2.05, 4.69) is 15.8 Å². The van der Waals surface area contributed by atoms with Gasteiger partial charge in [0.2, 0.25) is 0 Å². The number of carbonyl (C=O) groups excluding carboxylic acids is 1. The molecule has 3 aromatic rings. The second kappa shape index (κ2) is 8.52. The van der Waals surface area contributed by atoms with Crippen molar-refractivity contribution in [1.82, 2.24) is 9.55 Å². The Hall–Kier alpha value is -3.11. The van der Waals surface area contributed by atoms with Crippen LogP contribution in [0.4, 0.5) is 0 Å². The van der Waals surface area contributed by atoms with Crippen molar-refractivity contribution in [2.45, 2.75) is 23.9 Å². The first kappa shape index (κ1) is 18.7. The predicted octanol–water partition coefficient (Wildman–Crippen LogP) is 3.12. The van der Waals surface area contributed by atoms with E-state index in [1.807, 2.05) is 18.2 Å². The molecule has 0 spiro atoms. The molecule has 0 radical (unpaired) electrons. The van der Waals surface area contributed by atoms with E-state index in [1.165, 1.54) is 23.4 Å². The van der Waals surface area contributed by atoms with Gasteiger partial charge in [0.1, 0.15) is 0 Å². The molecular formula is C20H17N3O3S. The van der Waals surface area contributed by atoms with Crippen LogP contribution in [0.5, 0.6) is 0 Å². The SMILES string of the molecule is COC(=O)CCn1c(SCc2ccc(C#N)cc2)nc2ccccc2c1=O. The molecule has 0 amide bonds. The molecule has 0 atom stereocenters. The Kier molecular flexibility index (Phi) is 5.89. The minimum Gasteiger partial charge on any atom is -0.469 e. The van der Waals surface area contributed by atoms with Crippen LogP contribution in [0.3, 0.4) is 0 Å². The number of esters is 1. The van der Waals surface area contributed by atoms with Crippen LogP contribution in [0, 0.1) is 11.3 Å². The summed E-state index contributed by atoms with van der Waals surface area (Å²) in [7, 11) is 1.32. The van der Waals surface area contributed by atoms with E-state index in [4.69, 9.17) is 5.26 Å². The largest absolute Gasteiger partial charge is 0.469 e. The number of nitriles is 1. The van der Waals surface area contributed by atoms with Crippen molar-refractivity contribution < 1.29 is 9.53 Å². The number of rotatable bonds is 6. The molecule has 27 heavy (non-hydrogen) atoms. The highest BCUT2D eigenvalue weighted by atomic mass is 32.2. The molecule has 1 aromatic heterocycles. The Morgan fingerprint density at radius 2 is 1.96 bits per heavy atom. The third-order valence-corrected chi connectivity index (χ3v) is 5.09. The van der Waals surface area contributed by atoms with E-state index in [0.717, 1.165) is 5.56 Å². The topological polar surface area (TPSA) is 85.0 Å². The molecule has 0 bridgehead atoms. The van der Waals surface area contributed by atoms with Crippen molar-refractivity contribution >= 4 is 28.6 Å². The number of hydrogen-bond acceptors (Lipinski definition) is 6. The van der Waals surface area contributed by atoms with Crippen LogP contribution in [0.25, 0.3) is 10.9 Å². The summed E-state index contributed by atoms with van der Waals surface area (Å²) in [5.41, 5.74) is 2.06. The monoisotopic (exact) mass is 379 g/mol. The zero-order valence-corrected chi connectivity index (χ0v) is 15.5. The van der Waals surface area contributed by atoms with Crippen LogP contribution in [0.15, 0.2) is 58.5 Å². The molecule has 6 nitrogen and oxygen atoms in total. The summed E-state index contributed by atoms with van der Waals surface area (Å²) in [6, 6.07) is 16.5. The van der Waals surface area contributed by atoms with Gasteiger partial charge in [-0.25, -0.2) is 4.98 Å². The molecule has 0 aliphatic rings. The Balaban J connectivity index is 1.92. The first-order valence-corrected chi connectivity index (χ1v) is 9.29. The van der Waals surface area contributed by atoms with Crippen LogP contribution in [-0.4, -0.2) is 22.6 Å². The summed E-state index contributed by atoms with van der Waals surface area (Å²) in [6.45, 7) is 0.207.